The average molecular weight is 260 g/mol. The molecule has 0 saturated heterocycles. The van der Waals surface area contributed by atoms with Gasteiger partial charge in [-0.2, -0.15) is 0 Å². The second-order valence-electron chi connectivity index (χ2n) is 5.00. The van der Waals surface area contributed by atoms with Gasteiger partial charge in [0, 0.05) is 12.3 Å². The lowest BCUT2D eigenvalue weighted by molar-refractivity contribution is -0.114. The molecule has 0 fully saturated rings. The van der Waals surface area contributed by atoms with Crippen LogP contribution in [0.4, 0.5) is 0 Å². The van der Waals surface area contributed by atoms with Crippen molar-refractivity contribution in [3.63, 3.8) is 0 Å². The second kappa shape index (κ2) is 5.70. The number of ketones is 1. The van der Waals surface area contributed by atoms with Gasteiger partial charge in [-0.25, -0.2) is 0 Å². The van der Waals surface area contributed by atoms with Crippen LogP contribution in [-0.2, 0) is 4.79 Å². The maximum atomic E-state index is 11.7. The molecule has 1 aliphatic carbocycles. The molecule has 1 aliphatic rings. The van der Waals surface area contributed by atoms with E-state index in [2.05, 4.69) is 30.3 Å². The summed E-state index contributed by atoms with van der Waals surface area (Å²) in [6, 6.07) is 20.7. The zero-order valence-corrected chi connectivity index (χ0v) is 11.2. The molecule has 98 valence electrons. The first-order chi connectivity index (χ1) is 9.84. The highest BCUT2D eigenvalue weighted by Gasteiger charge is 2.21. The van der Waals surface area contributed by atoms with Crippen LogP contribution >= 0.6 is 0 Å². The van der Waals surface area contributed by atoms with Crippen LogP contribution in [0.15, 0.2) is 84.5 Å². The minimum absolute atomic E-state index is 0.159. The summed E-state index contributed by atoms with van der Waals surface area (Å²) >= 11 is 0. The van der Waals surface area contributed by atoms with Gasteiger partial charge in [-0.15, -0.1) is 0 Å². The maximum Gasteiger partial charge on any atom is 0.159 e. The Morgan fingerprint density at radius 1 is 0.800 bits per heavy atom. The Labute approximate surface area is 119 Å². The molecule has 0 unspecified atom stereocenters. The number of carbonyl (C=O) groups excluding carboxylic acids is 1. The standard InChI is InChI=1S/C19H16O/c20-18-13-7-12-17(14-18)19(15-8-3-1-4-9-15)16-10-5-2-6-11-16/h1-13,19H,14H2. The van der Waals surface area contributed by atoms with Gasteiger partial charge in [0.1, 0.15) is 0 Å². The van der Waals surface area contributed by atoms with E-state index in [0.717, 1.165) is 5.57 Å². The van der Waals surface area contributed by atoms with Gasteiger partial charge >= 0.3 is 0 Å². The smallest absolute Gasteiger partial charge is 0.159 e. The van der Waals surface area contributed by atoms with Crippen molar-refractivity contribution in [1.29, 1.82) is 0 Å². The molecule has 2 aromatic carbocycles. The second-order valence-corrected chi connectivity index (χ2v) is 5.00. The number of carbonyl (C=O) groups is 1. The summed E-state index contributed by atoms with van der Waals surface area (Å²) in [4.78, 5) is 11.7. The first kappa shape index (κ1) is 12.6. The summed E-state index contributed by atoms with van der Waals surface area (Å²) in [5.74, 6) is 0.339. The quantitative estimate of drug-likeness (QED) is 0.805. The van der Waals surface area contributed by atoms with E-state index in [4.69, 9.17) is 0 Å². The Morgan fingerprint density at radius 3 is 1.85 bits per heavy atom. The summed E-state index contributed by atoms with van der Waals surface area (Å²) in [5, 5.41) is 0. The third kappa shape index (κ3) is 2.62. The SMILES string of the molecule is O=C1C=CC=C(C(c2ccccc2)c2ccccc2)C1. The molecule has 2 aromatic rings. The number of allylic oxidation sites excluding steroid dienone is 4. The van der Waals surface area contributed by atoms with E-state index < -0.39 is 0 Å². The number of hydrogen-bond acceptors (Lipinski definition) is 1. The van der Waals surface area contributed by atoms with Crippen molar-refractivity contribution in [3.8, 4) is 0 Å². The first-order valence-corrected chi connectivity index (χ1v) is 6.84. The van der Waals surface area contributed by atoms with Gasteiger partial charge in [0.15, 0.2) is 5.78 Å². The van der Waals surface area contributed by atoms with Crippen molar-refractivity contribution in [3.05, 3.63) is 95.6 Å². The Kier molecular flexibility index (Phi) is 3.60. The highest BCUT2D eigenvalue weighted by atomic mass is 16.1. The number of benzene rings is 2. The van der Waals surface area contributed by atoms with Crippen LogP contribution in [0.25, 0.3) is 0 Å². The summed E-state index contributed by atoms with van der Waals surface area (Å²) in [6.45, 7) is 0. The van der Waals surface area contributed by atoms with Crippen molar-refractivity contribution in [2.24, 2.45) is 0 Å². The molecule has 20 heavy (non-hydrogen) atoms. The molecule has 0 bridgehead atoms. The van der Waals surface area contributed by atoms with Crippen molar-refractivity contribution in [2.75, 3.05) is 0 Å². The van der Waals surface area contributed by atoms with Crippen molar-refractivity contribution >= 4 is 5.78 Å². The summed E-state index contributed by atoms with van der Waals surface area (Å²) in [7, 11) is 0. The van der Waals surface area contributed by atoms with Gasteiger partial charge in [-0.3, -0.25) is 4.79 Å². The van der Waals surface area contributed by atoms with Gasteiger partial charge in [0.2, 0.25) is 0 Å². The lowest BCUT2D eigenvalue weighted by Gasteiger charge is -2.22. The van der Waals surface area contributed by atoms with Crippen LogP contribution < -0.4 is 0 Å². The molecule has 0 spiro atoms. The monoisotopic (exact) mass is 260 g/mol. The molecule has 0 heterocycles. The lowest BCUT2D eigenvalue weighted by Crippen LogP contribution is -2.10. The van der Waals surface area contributed by atoms with Crippen LogP contribution in [0.2, 0.25) is 0 Å². The molecule has 0 atom stereocenters. The van der Waals surface area contributed by atoms with E-state index in [1.54, 1.807) is 6.08 Å². The fraction of sp³-hybridized carbons (Fsp3) is 0.105. The van der Waals surface area contributed by atoms with E-state index in [1.165, 1.54) is 11.1 Å². The van der Waals surface area contributed by atoms with Crippen LogP contribution in [-0.4, -0.2) is 5.78 Å². The third-order valence-electron chi connectivity index (χ3n) is 3.61. The number of rotatable bonds is 3. The fourth-order valence-electron chi connectivity index (χ4n) is 2.71. The fourth-order valence-corrected chi connectivity index (χ4v) is 2.71. The molecule has 0 aromatic heterocycles. The topological polar surface area (TPSA) is 17.1 Å². The summed E-state index contributed by atoms with van der Waals surface area (Å²) in [6.07, 6.45) is 6.09. The summed E-state index contributed by atoms with van der Waals surface area (Å²) < 4.78 is 0. The first-order valence-electron chi connectivity index (χ1n) is 6.84. The third-order valence-corrected chi connectivity index (χ3v) is 3.61. The Hall–Kier alpha value is -2.41. The molecule has 0 saturated carbocycles. The number of hydrogen-bond donors (Lipinski definition) is 0. The van der Waals surface area contributed by atoms with Crippen LogP contribution in [0.1, 0.15) is 23.5 Å². The van der Waals surface area contributed by atoms with E-state index in [1.807, 2.05) is 42.5 Å². The highest BCUT2D eigenvalue weighted by molar-refractivity contribution is 5.93. The van der Waals surface area contributed by atoms with E-state index in [-0.39, 0.29) is 11.7 Å². The molecular weight excluding hydrogens is 244 g/mol. The Balaban J connectivity index is 2.07. The van der Waals surface area contributed by atoms with Crippen molar-refractivity contribution < 1.29 is 4.79 Å². The Bertz CT molecular complexity index is 611. The molecule has 0 aliphatic heterocycles. The van der Waals surface area contributed by atoms with Crippen LogP contribution in [0.5, 0.6) is 0 Å². The van der Waals surface area contributed by atoms with Crippen LogP contribution in [0.3, 0.4) is 0 Å². The normalized spacial score (nSPS) is 14.4. The molecular formula is C19H16O. The molecule has 0 amide bonds. The van der Waals surface area contributed by atoms with Crippen molar-refractivity contribution in [1.82, 2.24) is 0 Å². The van der Waals surface area contributed by atoms with Gasteiger partial charge < -0.3 is 0 Å². The average Bonchev–Trinajstić information content (AvgIpc) is 2.50. The van der Waals surface area contributed by atoms with Gasteiger partial charge in [-0.05, 0) is 17.2 Å². The molecule has 0 N–H and O–H groups in total. The summed E-state index contributed by atoms with van der Waals surface area (Å²) in [5.41, 5.74) is 3.62. The molecule has 1 heteroatoms. The highest BCUT2D eigenvalue weighted by Crippen LogP contribution is 2.34. The van der Waals surface area contributed by atoms with E-state index >= 15 is 0 Å². The van der Waals surface area contributed by atoms with Crippen LogP contribution in [0, 0.1) is 0 Å². The molecule has 1 nitrogen and oxygen atoms in total. The Morgan fingerprint density at radius 2 is 1.35 bits per heavy atom. The van der Waals surface area contributed by atoms with Gasteiger partial charge in [0.05, 0.1) is 0 Å². The predicted octanol–water partition coefficient (Wildman–Crippen LogP) is 4.27. The largest absolute Gasteiger partial charge is 0.294 e. The van der Waals surface area contributed by atoms with E-state index in [9.17, 15) is 4.79 Å². The van der Waals surface area contributed by atoms with Crippen molar-refractivity contribution in [2.45, 2.75) is 12.3 Å². The molecule has 0 radical (unpaired) electrons. The lowest BCUT2D eigenvalue weighted by atomic mass is 9.81. The maximum absolute atomic E-state index is 11.7. The van der Waals surface area contributed by atoms with Gasteiger partial charge in [-0.1, -0.05) is 78.4 Å². The molecule has 3 rings (SSSR count). The minimum Gasteiger partial charge on any atom is -0.294 e. The zero-order valence-electron chi connectivity index (χ0n) is 11.2. The minimum atomic E-state index is 0.159. The van der Waals surface area contributed by atoms with E-state index in [0.29, 0.717) is 6.42 Å². The van der Waals surface area contributed by atoms with Gasteiger partial charge in [0.25, 0.3) is 0 Å². The predicted molar refractivity (Wildman–Crippen MR) is 81.6 cm³/mol. The zero-order chi connectivity index (χ0) is 13.8.